The number of nitrogens with zero attached hydrogens (tertiary/aromatic N) is 2. The van der Waals surface area contributed by atoms with Crippen molar-refractivity contribution in [3.63, 3.8) is 0 Å². The second kappa shape index (κ2) is 6.34. The molecule has 146 valence electrons. The number of aryl methyl sites for hydroxylation is 2. The van der Waals surface area contributed by atoms with Crippen LogP contribution in [0, 0.1) is 13.8 Å². The van der Waals surface area contributed by atoms with E-state index in [-0.39, 0.29) is 11.7 Å². The Bertz CT molecular complexity index is 1440. The second-order valence-corrected chi connectivity index (χ2v) is 8.75. The maximum Gasteiger partial charge on any atom is 0.344 e. The van der Waals surface area contributed by atoms with E-state index in [4.69, 9.17) is 9.41 Å². The first-order valence-electron chi connectivity index (χ1n) is 9.89. The van der Waals surface area contributed by atoms with E-state index < -0.39 is 0 Å². The number of benzene rings is 3. The number of amidine groups is 1. The summed E-state index contributed by atoms with van der Waals surface area (Å²) in [6, 6.07) is 22.0. The van der Waals surface area contributed by atoms with Crippen molar-refractivity contribution in [2.24, 2.45) is 4.99 Å². The van der Waals surface area contributed by atoms with Gasteiger partial charge in [0, 0.05) is 10.3 Å². The summed E-state index contributed by atoms with van der Waals surface area (Å²) in [4.78, 5) is 21.6. The van der Waals surface area contributed by atoms with Crippen LogP contribution >= 0.6 is 11.8 Å². The topological polar surface area (TPSA) is 45.8 Å². The summed E-state index contributed by atoms with van der Waals surface area (Å²) in [5.74, 6) is 0. The van der Waals surface area contributed by atoms with Crippen LogP contribution < -0.4 is 10.5 Å². The Balaban J connectivity index is 1.74. The fourth-order valence-electron chi connectivity index (χ4n) is 4.40. The Hall–Kier alpha value is -3.31. The summed E-state index contributed by atoms with van der Waals surface area (Å²) in [5, 5.41) is 1.76. The number of anilines is 1. The van der Waals surface area contributed by atoms with E-state index in [1.807, 2.05) is 36.4 Å². The van der Waals surface area contributed by atoms with Crippen LogP contribution in [-0.4, -0.2) is 5.17 Å². The molecule has 30 heavy (non-hydrogen) atoms. The third-order valence-electron chi connectivity index (χ3n) is 5.82. The van der Waals surface area contributed by atoms with E-state index in [1.165, 1.54) is 0 Å². The SMILES string of the molecule is Cc1ccc(C)c(C2c3c(c4ccccc4oc3=O)N=C3Sc4ccccc4N32)c1. The molecular weight excluding hydrogens is 392 g/mol. The summed E-state index contributed by atoms with van der Waals surface area (Å²) in [7, 11) is 0. The molecule has 0 aliphatic carbocycles. The van der Waals surface area contributed by atoms with Crippen LogP contribution in [0.5, 0.6) is 0 Å². The number of hydrogen-bond donors (Lipinski definition) is 0. The van der Waals surface area contributed by atoms with Crippen molar-refractivity contribution in [3.05, 3.63) is 99.4 Å². The zero-order valence-electron chi connectivity index (χ0n) is 16.5. The van der Waals surface area contributed by atoms with Crippen molar-refractivity contribution < 1.29 is 4.42 Å². The third-order valence-corrected chi connectivity index (χ3v) is 6.86. The van der Waals surface area contributed by atoms with E-state index in [2.05, 4.69) is 49.1 Å². The van der Waals surface area contributed by atoms with Crippen molar-refractivity contribution in [2.75, 3.05) is 4.90 Å². The average molecular weight is 410 g/mol. The summed E-state index contributed by atoms with van der Waals surface area (Å²) in [6.07, 6.45) is 0. The second-order valence-electron chi connectivity index (χ2n) is 7.74. The number of rotatable bonds is 1. The highest BCUT2D eigenvalue weighted by molar-refractivity contribution is 8.14. The monoisotopic (exact) mass is 410 g/mol. The first-order chi connectivity index (χ1) is 14.6. The van der Waals surface area contributed by atoms with Gasteiger partial charge in [0.05, 0.1) is 23.0 Å². The van der Waals surface area contributed by atoms with Crippen molar-refractivity contribution in [3.8, 4) is 0 Å². The number of para-hydroxylation sites is 2. The van der Waals surface area contributed by atoms with Gasteiger partial charge >= 0.3 is 5.63 Å². The Morgan fingerprint density at radius 1 is 1.00 bits per heavy atom. The largest absolute Gasteiger partial charge is 0.422 e. The summed E-state index contributed by atoms with van der Waals surface area (Å²) in [6.45, 7) is 4.18. The summed E-state index contributed by atoms with van der Waals surface area (Å²) >= 11 is 1.65. The van der Waals surface area contributed by atoms with E-state index in [1.54, 1.807) is 11.8 Å². The molecule has 0 bridgehead atoms. The fraction of sp³-hybridized carbons (Fsp3) is 0.120. The Kier molecular flexibility index (Phi) is 3.71. The molecule has 3 heterocycles. The highest BCUT2D eigenvalue weighted by atomic mass is 32.2. The van der Waals surface area contributed by atoms with Crippen molar-refractivity contribution >= 4 is 39.3 Å². The summed E-state index contributed by atoms with van der Waals surface area (Å²) in [5.41, 5.74) is 6.04. The molecule has 6 rings (SSSR count). The average Bonchev–Trinajstić information content (AvgIpc) is 3.12. The van der Waals surface area contributed by atoms with Crippen LogP contribution in [0.3, 0.4) is 0 Å². The zero-order valence-corrected chi connectivity index (χ0v) is 17.4. The van der Waals surface area contributed by atoms with E-state index in [0.29, 0.717) is 11.1 Å². The number of hydrogen-bond acceptors (Lipinski definition) is 5. The van der Waals surface area contributed by atoms with Gasteiger partial charge in [-0.25, -0.2) is 9.79 Å². The molecule has 2 aliphatic rings. The van der Waals surface area contributed by atoms with Gasteiger partial charge in [0.2, 0.25) is 0 Å². The van der Waals surface area contributed by atoms with Crippen LogP contribution in [-0.2, 0) is 0 Å². The molecule has 0 radical (unpaired) electrons. The van der Waals surface area contributed by atoms with Gasteiger partial charge in [-0.05, 0) is 61.0 Å². The lowest BCUT2D eigenvalue weighted by Crippen LogP contribution is -2.37. The lowest BCUT2D eigenvalue weighted by atomic mass is 9.90. The fourth-order valence-corrected chi connectivity index (χ4v) is 5.46. The van der Waals surface area contributed by atoms with E-state index >= 15 is 0 Å². The van der Waals surface area contributed by atoms with Gasteiger partial charge in [0.25, 0.3) is 0 Å². The molecule has 1 unspecified atom stereocenters. The molecule has 5 heteroatoms. The summed E-state index contributed by atoms with van der Waals surface area (Å²) < 4.78 is 5.76. The maximum absolute atomic E-state index is 13.3. The Labute approximate surface area is 177 Å². The molecule has 1 aromatic heterocycles. The predicted molar refractivity (Wildman–Crippen MR) is 122 cm³/mol. The van der Waals surface area contributed by atoms with Crippen LogP contribution in [0.2, 0.25) is 0 Å². The quantitative estimate of drug-likeness (QED) is 0.355. The molecule has 0 spiro atoms. The lowest BCUT2D eigenvalue weighted by Gasteiger charge is -2.34. The smallest absolute Gasteiger partial charge is 0.344 e. The van der Waals surface area contributed by atoms with Gasteiger partial charge in [-0.2, -0.15) is 0 Å². The highest BCUT2D eigenvalue weighted by Crippen LogP contribution is 2.52. The standard InChI is InChI=1S/C25H18N2O2S/c1-14-11-12-15(2)17(13-14)23-21-22(16-7-3-5-9-19(16)29-24(21)28)26-25-27(23)18-8-4-6-10-20(18)30-25/h3-13,23H,1-2H3. The van der Waals surface area contributed by atoms with E-state index in [9.17, 15) is 4.79 Å². The first-order valence-corrected chi connectivity index (χ1v) is 10.7. The minimum atomic E-state index is -0.327. The van der Waals surface area contributed by atoms with Crippen molar-refractivity contribution in [1.29, 1.82) is 0 Å². The van der Waals surface area contributed by atoms with Gasteiger partial charge in [0.15, 0.2) is 5.17 Å². The zero-order chi connectivity index (χ0) is 20.4. The van der Waals surface area contributed by atoms with Crippen LogP contribution in [0.15, 0.2) is 85.8 Å². The van der Waals surface area contributed by atoms with Crippen LogP contribution in [0.4, 0.5) is 11.4 Å². The van der Waals surface area contributed by atoms with Gasteiger partial charge in [-0.3, -0.25) is 0 Å². The number of aliphatic imine (C=N–C) groups is 1. The van der Waals surface area contributed by atoms with Gasteiger partial charge in [-0.1, -0.05) is 48.0 Å². The first kappa shape index (κ1) is 17.5. The van der Waals surface area contributed by atoms with E-state index in [0.717, 1.165) is 43.5 Å². The Morgan fingerprint density at radius 2 is 1.80 bits per heavy atom. The minimum absolute atomic E-state index is 0.288. The molecule has 0 amide bonds. The molecule has 0 fully saturated rings. The Morgan fingerprint density at radius 3 is 2.70 bits per heavy atom. The lowest BCUT2D eigenvalue weighted by molar-refractivity contribution is 0.544. The molecule has 0 N–H and O–H groups in total. The van der Waals surface area contributed by atoms with Crippen molar-refractivity contribution in [2.45, 2.75) is 24.8 Å². The minimum Gasteiger partial charge on any atom is -0.422 e. The number of fused-ring (bicyclic) bond motifs is 6. The van der Waals surface area contributed by atoms with Gasteiger partial charge < -0.3 is 9.32 Å². The van der Waals surface area contributed by atoms with Gasteiger partial charge in [-0.15, -0.1) is 0 Å². The predicted octanol–water partition coefficient (Wildman–Crippen LogP) is 6.11. The third kappa shape index (κ3) is 2.42. The molecule has 0 saturated heterocycles. The number of thioether (sulfide) groups is 1. The maximum atomic E-state index is 13.3. The van der Waals surface area contributed by atoms with Crippen LogP contribution in [0.1, 0.15) is 28.3 Å². The molecular formula is C25H18N2O2S. The van der Waals surface area contributed by atoms with Crippen LogP contribution in [0.25, 0.3) is 11.0 Å². The molecule has 3 aromatic carbocycles. The molecule has 2 aliphatic heterocycles. The molecule has 1 atom stereocenters. The highest BCUT2D eigenvalue weighted by Gasteiger charge is 2.41. The van der Waals surface area contributed by atoms with Crippen molar-refractivity contribution in [1.82, 2.24) is 0 Å². The molecule has 4 aromatic rings. The van der Waals surface area contributed by atoms with Gasteiger partial charge in [0.1, 0.15) is 5.58 Å². The molecule has 0 saturated carbocycles. The normalized spacial score (nSPS) is 16.8. The molecule has 4 nitrogen and oxygen atoms in total.